The monoisotopic (exact) mass is 267 g/mol. The van der Waals surface area contributed by atoms with Crippen LogP contribution < -0.4 is 11.2 Å². The van der Waals surface area contributed by atoms with E-state index in [1.807, 2.05) is 0 Å². The Labute approximate surface area is 119 Å². The summed E-state index contributed by atoms with van der Waals surface area (Å²) in [5.41, 5.74) is 10.2. The quantitative estimate of drug-likeness (QED) is 0.826. The van der Waals surface area contributed by atoms with Crippen LogP contribution in [0.3, 0.4) is 0 Å². The lowest BCUT2D eigenvalue weighted by molar-refractivity contribution is -0.0217. The Morgan fingerprint density at radius 1 is 1.05 bits per heavy atom. The zero-order valence-electron chi connectivity index (χ0n) is 13.3. The fourth-order valence-corrected chi connectivity index (χ4v) is 3.96. The van der Waals surface area contributed by atoms with Crippen LogP contribution in [0, 0.1) is 11.8 Å². The number of hydrogen-bond acceptors (Lipinski definition) is 3. The van der Waals surface area contributed by atoms with Gasteiger partial charge in [0.2, 0.25) is 0 Å². The fourth-order valence-electron chi connectivity index (χ4n) is 3.96. The van der Waals surface area contributed by atoms with Crippen LogP contribution in [-0.4, -0.2) is 29.2 Å². The first-order valence-electron chi connectivity index (χ1n) is 8.23. The molecule has 5 unspecified atom stereocenters. The largest absolute Gasteiger partial charge is 0.329 e. The second-order valence-electron chi connectivity index (χ2n) is 7.33. The molecule has 2 aliphatic rings. The first-order chi connectivity index (χ1) is 8.97. The molecule has 3 nitrogen and oxygen atoms in total. The maximum atomic E-state index is 6.16. The van der Waals surface area contributed by atoms with Gasteiger partial charge in [-0.1, -0.05) is 20.3 Å². The predicted octanol–water partition coefficient (Wildman–Crippen LogP) is 2.91. The van der Waals surface area contributed by atoms with Crippen molar-refractivity contribution < 1.29 is 0 Å². The highest BCUT2D eigenvalue weighted by Gasteiger charge is 2.40. The summed E-state index contributed by atoms with van der Waals surface area (Å²) in [5, 5.41) is 2.51. The Morgan fingerprint density at radius 2 is 1.68 bits per heavy atom. The van der Waals surface area contributed by atoms with E-state index in [4.69, 9.17) is 5.73 Å². The van der Waals surface area contributed by atoms with Crippen LogP contribution in [0.1, 0.15) is 66.2 Å². The minimum Gasteiger partial charge on any atom is -0.329 e. The number of nitrogens with one attached hydrogen (secondary N) is 1. The number of nitrogens with two attached hydrogens (primary N) is 1. The first-order valence-corrected chi connectivity index (χ1v) is 8.23. The summed E-state index contributed by atoms with van der Waals surface area (Å²) >= 11 is 0. The van der Waals surface area contributed by atoms with Gasteiger partial charge in [0.1, 0.15) is 0 Å². The van der Waals surface area contributed by atoms with Crippen LogP contribution in [0.15, 0.2) is 0 Å². The molecule has 19 heavy (non-hydrogen) atoms. The number of rotatable bonds is 3. The molecule has 0 bridgehead atoms. The molecule has 0 radical (unpaired) electrons. The summed E-state index contributed by atoms with van der Waals surface area (Å²) in [6.45, 7) is 10.2. The van der Waals surface area contributed by atoms with E-state index in [1.54, 1.807) is 0 Å². The molecule has 1 saturated carbocycles. The molecule has 1 saturated heterocycles. The first kappa shape index (κ1) is 15.3. The highest BCUT2D eigenvalue weighted by molar-refractivity contribution is 4.96. The van der Waals surface area contributed by atoms with Crippen LogP contribution in [0.5, 0.6) is 0 Å². The van der Waals surface area contributed by atoms with Crippen molar-refractivity contribution in [3.63, 3.8) is 0 Å². The molecule has 1 aliphatic heterocycles. The third-order valence-corrected chi connectivity index (χ3v) is 5.71. The molecule has 0 aromatic carbocycles. The van der Waals surface area contributed by atoms with Gasteiger partial charge in [-0.2, -0.15) is 0 Å². The van der Waals surface area contributed by atoms with Crippen LogP contribution in [0.4, 0.5) is 0 Å². The molecule has 1 heterocycles. The Morgan fingerprint density at radius 3 is 2.21 bits per heavy atom. The molecule has 3 N–H and O–H groups in total. The molecule has 2 rings (SSSR count). The van der Waals surface area contributed by atoms with Gasteiger partial charge in [-0.05, 0) is 57.8 Å². The van der Waals surface area contributed by atoms with Crippen molar-refractivity contribution in [1.82, 2.24) is 10.4 Å². The van der Waals surface area contributed by atoms with E-state index in [2.05, 4.69) is 38.1 Å². The molecule has 0 aromatic rings. The van der Waals surface area contributed by atoms with Crippen LogP contribution in [0.2, 0.25) is 0 Å². The highest BCUT2D eigenvalue weighted by atomic mass is 15.6. The molecular weight excluding hydrogens is 234 g/mol. The molecule has 2 fully saturated rings. The van der Waals surface area contributed by atoms with Crippen molar-refractivity contribution in [3.05, 3.63) is 0 Å². The molecule has 0 amide bonds. The third kappa shape index (κ3) is 3.32. The molecule has 5 atom stereocenters. The zero-order valence-corrected chi connectivity index (χ0v) is 13.3. The number of hydrazine groups is 1. The molecular formula is C16H33N3. The smallest absolute Gasteiger partial charge is 0.0451 e. The second kappa shape index (κ2) is 6.11. The standard InChI is InChI=1S/C16H33N3/c1-12-8-9-16(11-17,10-13(12)2)18-19-14(3)6-5-7-15(19)4/h12-15,18H,5-11,17H2,1-4H3. The number of hydrogen-bond donors (Lipinski definition) is 2. The van der Waals surface area contributed by atoms with E-state index < -0.39 is 0 Å². The van der Waals surface area contributed by atoms with Gasteiger partial charge in [-0.3, -0.25) is 0 Å². The number of piperidine rings is 1. The van der Waals surface area contributed by atoms with Crippen molar-refractivity contribution in [2.45, 2.75) is 83.8 Å². The fraction of sp³-hybridized carbons (Fsp3) is 1.00. The van der Waals surface area contributed by atoms with Crippen molar-refractivity contribution >= 4 is 0 Å². The van der Waals surface area contributed by atoms with Crippen molar-refractivity contribution in [2.75, 3.05) is 6.54 Å². The topological polar surface area (TPSA) is 41.3 Å². The van der Waals surface area contributed by atoms with Crippen molar-refractivity contribution in [3.8, 4) is 0 Å². The Balaban J connectivity index is 2.05. The van der Waals surface area contributed by atoms with Crippen LogP contribution in [-0.2, 0) is 0 Å². The van der Waals surface area contributed by atoms with Crippen molar-refractivity contribution in [2.24, 2.45) is 17.6 Å². The summed E-state index contributed by atoms with van der Waals surface area (Å²) in [5.74, 6) is 1.62. The number of nitrogens with zero attached hydrogens (tertiary/aromatic N) is 1. The Kier molecular flexibility index (Phi) is 4.91. The maximum absolute atomic E-state index is 6.16. The second-order valence-corrected chi connectivity index (χ2v) is 7.33. The predicted molar refractivity (Wildman–Crippen MR) is 81.7 cm³/mol. The minimum absolute atomic E-state index is 0.145. The van der Waals surface area contributed by atoms with Crippen LogP contribution >= 0.6 is 0 Å². The Bertz CT molecular complexity index is 284. The summed E-state index contributed by atoms with van der Waals surface area (Å²) in [6, 6.07) is 1.28. The van der Waals surface area contributed by atoms with E-state index in [0.29, 0.717) is 12.1 Å². The lowest BCUT2D eigenvalue weighted by atomic mass is 9.71. The Hall–Kier alpha value is -0.120. The minimum atomic E-state index is 0.145. The average Bonchev–Trinajstić information content (AvgIpc) is 2.39. The zero-order chi connectivity index (χ0) is 14.0. The van der Waals surface area contributed by atoms with Gasteiger partial charge in [0, 0.05) is 24.2 Å². The molecule has 112 valence electrons. The maximum Gasteiger partial charge on any atom is 0.0451 e. The van der Waals surface area contributed by atoms with Gasteiger partial charge in [0.25, 0.3) is 0 Å². The lowest BCUT2D eigenvalue weighted by Crippen LogP contribution is -2.65. The summed E-state index contributed by atoms with van der Waals surface area (Å²) in [7, 11) is 0. The average molecular weight is 267 g/mol. The van der Waals surface area contributed by atoms with Gasteiger partial charge < -0.3 is 5.73 Å². The van der Waals surface area contributed by atoms with Crippen LogP contribution in [0.25, 0.3) is 0 Å². The molecule has 0 aromatic heterocycles. The van der Waals surface area contributed by atoms with E-state index in [0.717, 1.165) is 18.4 Å². The van der Waals surface area contributed by atoms with E-state index in [9.17, 15) is 0 Å². The van der Waals surface area contributed by atoms with Gasteiger partial charge in [-0.15, -0.1) is 0 Å². The normalized spacial score (nSPS) is 45.3. The highest BCUT2D eigenvalue weighted by Crippen LogP contribution is 2.36. The lowest BCUT2D eigenvalue weighted by Gasteiger charge is -2.50. The van der Waals surface area contributed by atoms with Crippen molar-refractivity contribution in [1.29, 1.82) is 0 Å². The third-order valence-electron chi connectivity index (χ3n) is 5.71. The van der Waals surface area contributed by atoms with E-state index >= 15 is 0 Å². The summed E-state index contributed by atoms with van der Waals surface area (Å²) in [4.78, 5) is 0. The van der Waals surface area contributed by atoms with Gasteiger partial charge in [0.15, 0.2) is 0 Å². The van der Waals surface area contributed by atoms with E-state index in [-0.39, 0.29) is 5.54 Å². The SMILES string of the molecule is CC1CCC(CN)(NN2C(C)CCCC2C)CC1C. The van der Waals surface area contributed by atoms with Gasteiger partial charge in [0.05, 0.1) is 0 Å². The molecule has 1 aliphatic carbocycles. The summed E-state index contributed by atoms with van der Waals surface area (Å²) in [6.07, 6.45) is 7.74. The molecule has 0 spiro atoms. The summed E-state index contributed by atoms with van der Waals surface area (Å²) < 4.78 is 0. The van der Waals surface area contributed by atoms with Gasteiger partial charge >= 0.3 is 0 Å². The van der Waals surface area contributed by atoms with Gasteiger partial charge in [-0.25, -0.2) is 10.4 Å². The molecule has 3 heteroatoms. The van der Waals surface area contributed by atoms with E-state index in [1.165, 1.54) is 38.5 Å².